The van der Waals surface area contributed by atoms with Crippen molar-refractivity contribution in [2.75, 3.05) is 6.61 Å². The molecule has 0 N–H and O–H groups in total. The monoisotopic (exact) mass is 342 g/mol. The highest BCUT2D eigenvalue weighted by Crippen LogP contribution is 2.27. The van der Waals surface area contributed by atoms with E-state index >= 15 is 0 Å². The summed E-state index contributed by atoms with van der Waals surface area (Å²) in [7, 11) is 0. The van der Waals surface area contributed by atoms with Crippen LogP contribution in [0.15, 0.2) is 48.5 Å². The summed E-state index contributed by atoms with van der Waals surface area (Å²) in [5.41, 5.74) is 2.42. The van der Waals surface area contributed by atoms with Gasteiger partial charge in [0.2, 0.25) is 0 Å². The Hall–Kier alpha value is -2.16. The van der Waals surface area contributed by atoms with Gasteiger partial charge in [0, 0.05) is 12.0 Å². The van der Waals surface area contributed by atoms with Crippen molar-refractivity contribution in [2.24, 2.45) is 0 Å². The quantitative estimate of drug-likeness (QED) is 0.406. The van der Waals surface area contributed by atoms with Crippen LogP contribution in [0.5, 0.6) is 0 Å². The molecule has 0 spiro atoms. The zero-order valence-corrected chi connectivity index (χ0v) is 15.1. The van der Waals surface area contributed by atoms with Crippen LogP contribution in [0, 0.1) is 5.82 Å². The number of esters is 1. The van der Waals surface area contributed by atoms with E-state index in [0.29, 0.717) is 25.0 Å². The highest BCUT2D eigenvalue weighted by atomic mass is 19.1. The first-order valence-electron chi connectivity index (χ1n) is 9.12. The number of halogens is 1. The third-order valence-electron chi connectivity index (χ3n) is 4.45. The Morgan fingerprint density at radius 3 is 2.56 bits per heavy atom. The molecule has 0 aromatic heterocycles. The molecule has 0 heterocycles. The first kappa shape index (κ1) is 19.2. The Labute approximate surface area is 150 Å². The maximum Gasteiger partial charge on any atom is 0.305 e. The number of rotatable bonds is 9. The van der Waals surface area contributed by atoms with Crippen LogP contribution in [-0.4, -0.2) is 12.6 Å². The lowest BCUT2D eigenvalue weighted by molar-refractivity contribution is -0.143. The zero-order valence-electron chi connectivity index (χ0n) is 15.1. The Morgan fingerprint density at radius 2 is 1.88 bits per heavy atom. The standard InChI is InChI=1S/C22H27FO2/c1-3-4-6-11-22(24)25-15-14-17(2)19-12-13-20(21(23)16-19)18-9-7-5-8-10-18/h5,7-10,12-13,16-17H,3-4,6,11,14-15H2,1-2H3. The van der Waals surface area contributed by atoms with Gasteiger partial charge in [0.05, 0.1) is 6.61 Å². The number of benzene rings is 2. The van der Waals surface area contributed by atoms with E-state index in [4.69, 9.17) is 4.74 Å². The molecule has 25 heavy (non-hydrogen) atoms. The van der Waals surface area contributed by atoms with Gasteiger partial charge in [-0.05, 0) is 36.0 Å². The summed E-state index contributed by atoms with van der Waals surface area (Å²) < 4.78 is 19.7. The lowest BCUT2D eigenvalue weighted by atomic mass is 9.95. The van der Waals surface area contributed by atoms with Crippen molar-refractivity contribution in [1.82, 2.24) is 0 Å². The van der Waals surface area contributed by atoms with Crippen LogP contribution in [0.2, 0.25) is 0 Å². The Kier molecular flexibility index (Phi) is 7.65. The molecule has 2 aromatic carbocycles. The van der Waals surface area contributed by atoms with E-state index in [1.807, 2.05) is 49.4 Å². The minimum Gasteiger partial charge on any atom is -0.466 e. The van der Waals surface area contributed by atoms with Crippen LogP contribution >= 0.6 is 0 Å². The first-order chi connectivity index (χ1) is 12.1. The smallest absolute Gasteiger partial charge is 0.305 e. The molecule has 0 aliphatic carbocycles. The van der Waals surface area contributed by atoms with E-state index in [9.17, 15) is 9.18 Å². The summed E-state index contributed by atoms with van der Waals surface area (Å²) in [6.45, 7) is 4.52. The van der Waals surface area contributed by atoms with Crippen molar-refractivity contribution < 1.29 is 13.9 Å². The molecule has 134 valence electrons. The van der Waals surface area contributed by atoms with Crippen molar-refractivity contribution in [3.63, 3.8) is 0 Å². The fourth-order valence-electron chi connectivity index (χ4n) is 2.80. The highest BCUT2D eigenvalue weighted by molar-refractivity contribution is 5.69. The molecule has 0 aliphatic rings. The molecule has 1 atom stereocenters. The number of carbonyl (C=O) groups excluding carboxylic acids is 1. The Morgan fingerprint density at radius 1 is 1.12 bits per heavy atom. The Balaban J connectivity index is 1.87. The minimum absolute atomic E-state index is 0.133. The normalized spacial score (nSPS) is 12.0. The third kappa shape index (κ3) is 6.00. The summed E-state index contributed by atoms with van der Waals surface area (Å²) in [5.74, 6) is -0.207. The predicted octanol–water partition coefficient (Wildman–Crippen LogP) is 6.11. The lowest BCUT2D eigenvalue weighted by Gasteiger charge is -2.14. The number of hydrogen-bond acceptors (Lipinski definition) is 2. The largest absolute Gasteiger partial charge is 0.466 e. The summed E-state index contributed by atoms with van der Waals surface area (Å²) in [6.07, 6.45) is 4.22. The molecule has 0 aliphatic heterocycles. The van der Waals surface area contributed by atoms with Crippen LogP contribution in [0.3, 0.4) is 0 Å². The third-order valence-corrected chi connectivity index (χ3v) is 4.45. The number of carbonyl (C=O) groups is 1. The molecule has 1 unspecified atom stereocenters. The van der Waals surface area contributed by atoms with Gasteiger partial charge in [0.15, 0.2) is 0 Å². The number of ether oxygens (including phenoxy) is 1. The molecule has 0 saturated heterocycles. The van der Waals surface area contributed by atoms with E-state index < -0.39 is 0 Å². The van der Waals surface area contributed by atoms with Crippen molar-refractivity contribution in [1.29, 1.82) is 0 Å². The van der Waals surface area contributed by atoms with Gasteiger partial charge in [0.25, 0.3) is 0 Å². The first-order valence-corrected chi connectivity index (χ1v) is 9.12. The van der Waals surface area contributed by atoms with E-state index in [1.165, 1.54) is 0 Å². The summed E-state index contributed by atoms with van der Waals surface area (Å²) in [5, 5.41) is 0. The lowest BCUT2D eigenvalue weighted by Crippen LogP contribution is -2.08. The van der Waals surface area contributed by atoms with E-state index in [0.717, 1.165) is 30.4 Å². The molecule has 0 bridgehead atoms. The minimum atomic E-state index is -0.216. The molecule has 0 radical (unpaired) electrons. The second-order valence-electron chi connectivity index (χ2n) is 6.47. The second kappa shape index (κ2) is 9.97. The molecule has 2 nitrogen and oxygen atoms in total. The van der Waals surface area contributed by atoms with Gasteiger partial charge in [-0.3, -0.25) is 4.79 Å². The molecule has 2 aromatic rings. The van der Waals surface area contributed by atoms with Crippen LogP contribution in [0.25, 0.3) is 11.1 Å². The molecule has 0 amide bonds. The predicted molar refractivity (Wildman–Crippen MR) is 100.0 cm³/mol. The van der Waals surface area contributed by atoms with Crippen molar-refractivity contribution in [2.45, 2.75) is 51.9 Å². The summed E-state index contributed by atoms with van der Waals surface area (Å²) in [6, 6.07) is 14.9. The average Bonchev–Trinajstić information content (AvgIpc) is 2.62. The van der Waals surface area contributed by atoms with Gasteiger partial charge in [0.1, 0.15) is 5.82 Å². The van der Waals surface area contributed by atoms with Crippen LogP contribution in [0.1, 0.15) is 57.4 Å². The van der Waals surface area contributed by atoms with Gasteiger partial charge >= 0.3 is 5.97 Å². The highest BCUT2D eigenvalue weighted by Gasteiger charge is 2.11. The van der Waals surface area contributed by atoms with Crippen molar-refractivity contribution >= 4 is 5.97 Å². The molecule has 2 rings (SSSR count). The van der Waals surface area contributed by atoms with E-state index in [-0.39, 0.29) is 17.7 Å². The van der Waals surface area contributed by atoms with Crippen LogP contribution < -0.4 is 0 Å². The van der Waals surface area contributed by atoms with Crippen molar-refractivity contribution in [3.05, 3.63) is 59.9 Å². The zero-order chi connectivity index (χ0) is 18.1. The number of unbranched alkanes of at least 4 members (excludes halogenated alkanes) is 2. The van der Waals surface area contributed by atoms with Crippen molar-refractivity contribution in [3.8, 4) is 11.1 Å². The summed E-state index contributed by atoms with van der Waals surface area (Å²) >= 11 is 0. The fourth-order valence-corrected chi connectivity index (χ4v) is 2.80. The van der Waals surface area contributed by atoms with E-state index in [2.05, 4.69) is 6.92 Å². The van der Waals surface area contributed by atoms with Crippen LogP contribution in [-0.2, 0) is 9.53 Å². The van der Waals surface area contributed by atoms with Gasteiger partial charge in [-0.25, -0.2) is 4.39 Å². The van der Waals surface area contributed by atoms with Gasteiger partial charge in [-0.15, -0.1) is 0 Å². The molecular weight excluding hydrogens is 315 g/mol. The second-order valence-corrected chi connectivity index (χ2v) is 6.47. The number of hydrogen-bond donors (Lipinski definition) is 0. The maximum absolute atomic E-state index is 14.4. The molecular formula is C22H27FO2. The molecule has 0 saturated carbocycles. The summed E-state index contributed by atoms with van der Waals surface area (Å²) in [4.78, 5) is 11.6. The van der Waals surface area contributed by atoms with E-state index in [1.54, 1.807) is 6.07 Å². The van der Waals surface area contributed by atoms with Gasteiger partial charge in [-0.2, -0.15) is 0 Å². The fraction of sp³-hybridized carbons (Fsp3) is 0.409. The SMILES string of the molecule is CCCCCC(=O)OCCC(C)c1ccc(-c2ccccc2)c(F)c1. The molecule has 3 heteroatoms. The molecule has 0 fully saturated rings. The maximum atomic E-state index is 14.4. The van der Waals surface area contributed by atoms with Gasteiger partial charge < -0.3 is 4.74 Å². The van der Waals surface area contributed by atoms with Crippen LogP contribution in [0.4, 0.5) is 4.39 Å². The Bertz CT molecular complexity index is 667. The van der Waals surface area contributed by atoms with Gasteiger partial charge in [-0.1, -0.05) is 69.2 Å². The average molecular weight is 342 g/mol. The topological polar surface area (TPSA) is 26.3 Å².